The first-order valence-corrected chi connectivity index (χ1v) is 7.36. The molecule has 1 unspecified atom stereocenters. The lowest BCUT2D eigenvalue weighted by atomic mass is 10.0. The number of benzene rings is 1. The van der Waals surface area contributed by atoms with Crippen LogP contribution in [0.2, 0.25) is 0 Å². The second-order valence-corrected chi connectivity index (χ2v) is 5.90. The van der Waals surface area contributed by atoms with E-state index < -0.39 is 11.7 Å². The highest BCUT2D eigenvalue weighted by Gasteiger charge is 2.31. The Morgan fingerprint density at radius 3 is 2.77 bits per heavy atom. The third-order valence-corrected chi connectivity index (χ3v) is 4.42. The summed E-state index contributed by atoms with van der Waals surface area (Å²) < 4.78 is 39.8. The number of nitrogens with one attached hydrogen (secondary N) is 1. The summed E-state index contributed by atoms with van der Waals surface area (Å²) in [4.78, 5) is 16.8. The van der Waals surface area contributed by atoms with Gasteiger partial charge in [0, 0.05) is 12.6 Å². The Labute approximate surface area is 125 Å². The molecular weight excluding hydrogens is 295 g/mol. The van der Waals surface area contributed by atoms with E-state index in [0.29, 0.717) is 12.1 Å². The number of H-pyrrole nitrogens is 1. The molecule has 0 bridgehead atoms. The van der Waals surface area contributed by atoms with Gasteiger partial charge < -0.3 is 9.88 Å². The molecule has 0 aliphatic carbocycles. The average Bonchev–Trinajstić information content (AvgIpc) is 2.76. The monoisotopic (exact) mass is 313 g/mol. The van der Waals surface area contributed by atoms with Gasteiger partial charge in [0.1, 0.15) is 0 Å². The van der Waals surface area contributed by atoms with E-state index in [1.165, 1.54) is 6.07 Å². The number of hydrogen-bond acceptors (Lipinski definition) is 2. The van der Waals surface area contributed by atoms with Crippen LogP contribution in [-0.2, 0) is 12.7 Å². The zero-order chi connectivity index (χ0) is 15.9. The van der Waals surface area contributed by atoms with E-state index in [1.807, 2.05) is 7.05 Å². The molecule has 0 radical (unpaired) electrons. The number of halogens is 3. The van der Waals surface area contributed by atoms with Crippen LogP contribution in [-0.4, -0.2) is 34.1 Å². The van der Waals surface area contributed by atoms with E-state index in [1.54, 1.807) is 4.57 Å². The third kappa shape index (κ3) is 2.77. The first-order valence-electron chi connectivity index (χ1n) is 7.36. The summed E-state index contributed by atoms with van der Waals surface area (Å²) in [6.45, 7) is 1.49. The molecule has 1 aromatic carbocycles. The Morgan fingerprint density at radius 1 is 1.32 bits per heavy atom. The van der Waals surface area contributed by atoms with Crippen LogP contribution >= 0.6 is 0 Å². The van der Waals surface area contributed by atoms with Crippen LogP contribution in [0.25, 0.3) is 11.0 Å². The van der Waals surface area contributed by atoms with Crippen molar-refractivity contribution in [2.45, 2.75) is 38.0 Å². The van der Waals surface area contributed by atoms with Crippen molar-refractivity contribution in [2.75, 3.05) is 13.6 Å². The third-order valence-electron chi connectivity index (χ3n) is 4.42. The maximum absolute atomic E-state index is 12.7. The predicted octanol–water partition coefficient (Wildman–Crippen LogP) is 2.83. The molecule has 1 saturated heterocycles. The molecule has 1 aliphatic heterocycles. The van der Waals surface area contributed by atoms with Gasteiger partial charge in [0.25, 0.3) is 0 Å². The lowest BCUT2D eigenvalue weighted by molar-refractivity contribution is -0.137. The number of aromatic amines is 1. The van der Waals surface area contributed by atoms with Crippen molar-refractivity contribution in [1.29, 1.82) is 0 Å². The first-order chi connectivity index (χ1) is 10.4. The number of alkyl halides is 3. The van der Waals surface area contributed by atoms with Gasteiger partial charge in [-0.25, -0.2) is 4.79 Å². The zero-order valence-electron chi connectivity index (χ0n) is 12.3. The smallest absolute Gasteiger partial charge is 0.306 e. The molecule has 1 aromatic heterocycles. The summed E-state index contributed by atoms with van der Waals surface area (Å²) in [7, 11) is 2.02. The fourth-order valence-corrected chi connectivity index (χ4v) is 3.11. The van der Waals surface area contributed by atoms with Crippen LogP contribution in [0.4, 0.5) is 13.2 Å². The summed E-state index contributed by atoms with van der Waals surface area (Å²) >= 11 is 0. The first kappa shape index (κ1) is 15.1. The van der Waals surface area contributed by atoms with Crippen molar-refractivity contribution in [3.05, 3.63) is 34.2 Å². The van der Waals surface area contributed by atoms with E-state index in [4.69, 9.17) is 0 Å². The second kappa shape index (κ2) is 5.46. The molecule has 2 aromatic rings. The molecule has 0 spiro atoms. The molecule has 1 N–H and O–H groups in total. The van der Waals surface area contributed by atoms with Gasteiger partial charge >= 0.3 is 11.9 Å². The fourth-order valence-electron chi connectivity index (χ4n) is 3.11. The molecule has 1 atom stereocenters. The Bertz CT molecular complexity index is 732. The van der Waals surface area contributed by atoms with E-state index in [9.17, 15) is 18.0 Å². The summed E-state index contributed by atoms with van der Waals surface area (Å²) in [5.74, 6) is 0. The molecule has 2 heterocycles. The number of piperidine rings is 1. The Balaban J connectivity index is 1.96. The molecule has 0 saturated carbocycles. The number of fused-ring (bicyclic) bond motifs is 1. The minimum Gasteiger partial charge on any atom is -0.306 e. The molecule has 3 rings (SSSR count). The largest absolute Gasteiger partial charge is 0.416 e. The van der Waals surface area contributed by atoms with Crippen LogP contribution < -0.4 is 5.69 Å². The maximum atomic E-state index is 12.7. The Hall–Kier alpha value is -1.76. The summed E-state index contributed by atoms with van der Waals surface area (Å²) in [6.07, 6.45) is -1.15. The van der Waals surface area contributed by atoms with E-state index in [-0.39, 0.29) is 17.2 Å². The molecular formula is C15H18F3N3O. The summed E-state index contributed by atoms with van der Waals surface area (Å²) in [6, 6.07) is 3.64. The number of likely N-dealkylation sites (tertiary alicyclic amines) is 1. The molecule has 0 amide bonds. The average molecular weight is 313 g/mol. The number of rotatable bonds is 2. The van der Waals surface area contributed by atoms with E-state index >= 15 is 0 Å². The molecule has 4 nitrogen and oxygen atoms in total. The standard InChI is InChI=1S/C15H18F3N3O/c1-20-7-3-2-4-11(20)9-21-13-6-5-10(15(16,17)18)8-12(13)19-14(21)22/h5-6,8,11H,2-4,7,9H2,1H3,(H,19,22). The van der Waals surface area contributed by atoms with Crippen LogP contribution in [0.5, 0.6) is 0 Å². The topological polar surface area (TPSA) is 41.0 Å². The highest BCUT2D eigenvalue weighted by Crippen LogP contribution is 2.31. The second-order valence-electron chi connectivity index (χ2n) is 5.90. The number of imidazole rings is 1. The van der Waals surface area contributed by atoms with Gasteiger partial charge in [-0.2, -0.15) is 13.2 Å². The van der Waals surface area contributed by atoms with Gasteiger partial charge in [0.15, 0.2) is 0 Å². The highest BCUT2D eigenvalue weighted by molar-refractivity contribution is 5.76. The van der Waals surface area contributed by atoms with Gasteiger partial charge in [-0.05, 0) is 44.6 Å². The lowest BCUT2D eigenvalue weighted by Gasteiger charge is -2.32. The minimum atomic E-state index is -4.41. The molecule has 22 heavy (non-hydrogen) atoms. The Kier molecular flexibility index (Phi) is 3.76. The van der Waals surface area contributed by atoms with E-state index in [2.05, 4.69) is 9.88 Å². The van der Waals surface area contributed by atoms with Gasteiger partial charge in [0.2, 0.25) is 0 Å². The van der Waals surface area contributed by atoms with Crippen molar-refractivity contribution in [1.82, 2.24) is 14.5 Å². The molecule has 1 fully saturated rings. The van der Waals surface area contributed by atoms with Crippen LogP contribution in [0, 0.1) is 0 Å². The highest BCUT2D eigenvalue weighted by atomic mass is 19.4. The summed E-state index contributed by atoms with van der Waals surface area (Å²) in [5.41, 5.74) is -0.341. The van der Waals surface area contributed by atoms with Crippen LogP contribution in [0.1, 0.15) is 24.8 Å². The molecule has 120 valence electrons. The predicted molar refractivity (Wildman–Crippen MR) is 77.8 cm³/mol. The Morgan fingerprint density at radius 2 is 2.09 bits per heavy atom. The summed E-state index contributed by atoms with van der Waals surface area (Å²) in [5, 5.41) is 0. The van der Waals surface area contributed by atoms with Gasteiger partial charge in [-0.15, -0.1) is 0 Å². The van der Waals surface area contributed by atoms with Crippen LogP contribution in [0.3, 0.4) is 0 Å². The number of likely N-dealkylation sites (N-methyl/N-ethyl adjacent to an activating group) is 1. The molecule has 7 heteroatoms. The zero-order valence-corrected chi connectivity index (χ0v) is 12.3. The van der Waals surface area contributed by atoms with Crippen molar-refractivity contribution < 1.29 is 13.2 Å². The number of aromatic nitrogens is 2. The fraction of sp³-hybridized carbons (Fsp3) is 0.533. The van der Waals surface area contributed by atoms with E-state index in [0.717, 1.165) is 37.9 Å². The van der Waals surface area contributed by atoms with Gasteiger partial charge in [0.05, 0.1) is 16.6 Å². The molecule has 1 aliphatic rings. The van der Waals surface area contributed by atoms with Gasteiger partial charge in [-0.3, -0.25) is 4.57 Å². The van der Waals surface area contributed by atoms with Crippen molar-refractivity contribution in [3.63, 3.8) is 0 Å². The SMILES string of the molecule is CN1CCCCC1Cn1c(=O)[nH]c2cc(C(F)(F)F)ccc21. The lowest BCUT2D eigenvalue weighted by Crippen LogP contribution is -2.40. The minimum absolute atomic E-state index is 0.235. The number of nitrogens with zero attached hydrogens (tertiary/aromatic N) is 2. The van der Waals surface area contributed by atoms with Crippen molar-refractivity contribution in [3.8, 4) is 0 Å². The quantitative estimate of drug-likeness (QED) is 0.926. The van der Waals surface area contributed by atoms with Crippen molar-refractivity contribution in [2.24, 2.45) is 0 Å². The maximum Gasteiger partial charge on any atom is 0.416 e. The number of hydrogen-bond donors (Lipinski definition) is 1. The van der Waals surface area contributed by atoms with Gasteiger partial charge in [-0.1, -0.05) is 6.42 Å². The van der Waals surface area contributed by atoms with Crippen LogP contribution in [0.15, 0.2) is 23.0 Å². The normalized spacial score (nSPS) is 20.6. The van der Waals surface area contributed by atoms with Crippen molar-refractivity contribution >= 4 is 11.0 Å².